The van der Waals surface area contributed by atoms with Crippen molar-refractivity contribution in [3.63, 3.8) is 0 Å². The Morgan fingerprint density at radius 1 is 1.19 bits per heavy atom. The molecule has 2 aromatic carbocycles. The van der Waals surface area contributed by atoms with E-state index in [4.69, 9.17) is 17.3 Å². The van der Waals surface area contributed by atoms with Crippen molar-refractivity contribution in [3.8, 4) is 11.3 Å². The van der Waals surface area contributed by atoms with E-state index in [1.54, 1.807) is 49.0 Å². The van der Waals surface area contributed by atoms with E-state index in [9.17, 15) is 13.6 Å². The van der Waals surface area contributed by atoms with Gasteiger partial charge in [-0.25, -0.2) is 13.8 Å². The highest BCUT2D eigenvalue weighted by Crippen LogP contribution is 2.34. The second-order valence-electron chi connectivity index (χ2n) is 7.81. The number of nitrogens with zero attached hydrogens (tertiary/aromatic N) is 3. The molecule has 0 saturated heterocycles. The van der Waals surface area contributed by atoms with Crippen LogP contribution in [-0.4, -0.2) is 25.9 Å². The number of benzene rings is 2. The van der Waals surface area contributed by atoms with Crippen LogP contribution in [-0.2, 0) is 11.3 Å². The van der Waals surface area contributed by atoms with Crippen LogP contribution in [0.3, 0.4) is 0 Å². The third kappa shape index (κ3) is 4.17. The maximum absolute atomic E-state index is 14.0. The molecule has 4 rings (SSSR count). The Morgan fingerprint density at radius 2 is 1.97 bits per heavy atom. The molecule has 0 atom stereocenters. The van der Waals surface area contributed by atoms with Gasteiger partial charge in [0, 0.05) is 23.7 Å². The lowest BCUT2D eigenvalue weighted by Crippen LogP contribution is -2.49. The monoisotopic (exact) mass is 443 g/mol. The molecule has 160 valence electrons. The maximum Gasteiger partial charge on any atom is 0.246 e. The lowest BCUT2D eigenvalue weighted by atomic mass is 10.1. The third-order valence-corrected chi connectivity index (χ3v) is 5.09. The molecule has 3 N–H and O–H groups in total. The second-order valence-corrected chi connectivity index (χ2v) is 8.22. The van der Waals surface area contributed by atoms with Crippen molar-refractivity contribution in [3.05, 3.63) is 71.1 Å². The summed E-state index contributed by atoms with van der Waals surface area (Å²) in [5.41, 5.74) is 6.33. The minimum absolute atomic E-state index is 0.00432. The summed E-state index contributed by atoms with van der Waals surface area (Å²) >= 11 is 5.78. The van der Waals surface area contributed by atoms with Crippen LogP contribution in [0, 0.1) is 11.6 Å². The Labute approximate surface area is 182 Å². The van der Waals surface area contributed by atoms with E-state index in [1.807, 2.05) is 0 Å². The van der Waals surface area contributed by atoms with E-state index >= 15 is 0 Å². The van der Waals surface area contributed by atoms with Gasteiger partial charge in [0.1, 0.15) is 29.0 Å². The van der Waals surface area contributed by atoms with Gasteiger partial charge in [-0.2, -0.15) is 0 Å². The predicted octanol–water partition coefficient (Wildman–Crippen LogP) is 4.73. The average Bonchev–Trinajstić information content (AvgIpc) is 3.07. The molecule has 0 saturated carbocycles. The molecule has 1 aromatic heterocycles. The normalized spacial score (nSPS) is 13.3. The molecule has 1 amide bonds. The van der Waals surface area contributed by atoms with Crippen LogP contribution < -0.4 is 11.1 Å². The van der Waals surface area contributed by atoms with Crippen molar-refractivity contribution < 1.29 is 13.6 Å². The SMILES string of the molecule is CC(C)(N)C(=O)N1C=Cn2c(nc(-c3cccc(F)c3)c2Nc2ccc(Cl)c(F)c2)C1. The lowest BCUT2D eigenvalue weighted by molar-refractivity contribution is -0.133. The van der Waals surface area contributed by atoms with Gasteiger partial charge in [0.05, 0.1) is 17.1 Å². The Kier molecular flexibility index (Phi) is 5.28. The predicted molar refractivity (Wildman–Crippen MR) is 116 cm³/mol. The minimum atomic E-state index is -1.05. The van der Waals surface area contributed by atoms with Gasteiger partial charge in [0.15, 0.2) is 0 Å². The van der Waals surface area contributed by atoms with Gasteiger partial charge in [-0.15, -0.1) is 0 Å². The van der Waals surface area contributed by atoms with Gasteiger partial charge in [-0.05, 0) is 44.2 Å². The van der Waals surface area contributed by atoms with Gasteiger partial charge >= 0.3 is 0 Å². The van der Waals surface area contributed by atoms with Crippen molar-refractivity contribution >= 4 is 35.2 Å². The van der Waals surface area contributed by atoms with Gasteiger partial charge in [0.2, 0.25) is 5.91 Å². The molecular weight excluding hydrogens is 424 g/mol. The second kappa shape index (κ2) is 7.79. The van der Waals surface area contributed by atoms with E-state index in [0.717, 1.165) is 0 Å². The summed E-state index contributed by atoms with van der Waals surface area (Å²) < 4.78 is 29.6. The molecule has 1 aliphatic heterocycles. The number of hydrogen-bond acceptors (Lipinski definition) is 4. The van der Waals surface area contributed by atoms with Crippen LogP contribution in [0.1, 0.15) is 19.7 Å². The van der Waals surface area contributed by atoms with Crippen molar-refractivity contribution in [2.75, 3.05) is 5.32 Å². The number of aromatic nitrogens is 2. The van der Waals surface area contributed by atoms with Crippen molar-refractivity contribution in [1.82, 2.24) is 14.5 Å². The van der Waals surface area contributed by atoms with Crippen LogP contribution >= 0.6 is 11.6 Å². The lowest BCUT2D eigenvalue weighted by Gasteiger charge is -2.28. The van der Waals surface area contributed by atoms with Gasteiger partial charge in [-0.1, -0.05) is 23.7 Å². The summed E-state index contributed by atoms with van der Waals surface area (Å²) in [5.74, 6) is -0.215. The number of hydrogen-bond donors (Lipinski definition) is 2. The molecule has 0 bridgehead atoms. The topological polar surface area (TPSA) is 76.2 Å². The number of nitrogens with two attached hydrogens (primary N) is 1. The van der Waals surface area contributed by atoms with E-state index < -0.39 is 17.2 Å². The summed E-state index contributed by atoms with van der Waals surface area (Å²) in [4.78, 5) is 18.7. The van der Waals surface area contributed by atoms with Gasteiger partial charge in [0.25, 0.3) is 0 Å². The number of fused-ring (bicyclic) bond motifs is 1. The zero-order chi connectivity index (χ0) is 22.3. The standard InChI is InChI=1S/C22H20ClF2N5O/c1-22(2,26)21(31)29-8-9-30-18(12-29)28-19(13-4-3-5-14(24)10-13)20(30)27-15-6-7-16(23)17(25)11-15/h3-11,27H,12,26H2,1-2H3. The summed E-state index contributed by atoms with van der Waals surface area (Å²) in [7, 11) is 0. The molecule has 1 aliphatic rings. The molecule has 0 radical (unpaired) electrons. The molecule has 0 spiro atoms. The van der Waals surface area contributed by atoms with Gasteiger partial charge in [-0.3, -0.25) is 9.36 Å². The molecule has 31 heavy (non-hydrogen) atoms. The Bertz CT molecular complexity index is 1200. The quantitative estimate of drug-likeness (QED) is 0.611. The fraction of sp³-hybridized carbons (Fsp3) is 0.182. The fourth-order valence-corrected chi connectivity index (χ4v) is 3.40. The van der Waals surface area contributed by atoms with E-state index in [2.05, 4.69) is 10.3 Å². The number of amides is 1. The molecule has 2 heterocycles. The first-order valence-electron chi connectivity index (χ1n) is 9.51. The average molecular weight is 444 g/mol. The number of nitrogens with one attached hydrogen (secondary N) is 1. The van der Waals surface area contributed by atoms with Crippen molar-refractivity contribution in [2.24, 2.45) is 5.73 Å². The summed E-state index contributed by atoms with van der Waals surface area (Å²) in [6.45, 7) is 3.43. The third-order valence-electron chi connectivity index (χ3n) is 4.78. The van der Waals surface area contributed by atoms with Crippen LogP contribution in [0.15, 0.2) is 48.7 Å². The van der Waals surface area contributed by atoms with Crippen LogP contribution in [0.5, 0.6) is 0 Å². The van der Waals surface area contributed by atoms with Gasteiger partial charge < -0.3 is 16.0 Å². The van der Waals surface area contributed by atoms with Crippen molar-refractivity contribution in [2.45, 2.75) is 25.9 Å². The highest BCUT2D eigenvalue weighted by atomic mass is 35.5. The van der Waals surface area contributed by atoms with Crippen LogP contribution in [0.4, 0.5) is 20.3 Å². The van der Waals surface area contributed by atoms with E-state index in [1.165, 1.54) is 29.2 Å². The van der Waals surface area contributed by atoms with Crippen molar-refractivity contribution in [1.29, 1.82) is 0 Å². The molecule has 0 aliphatic carbocycles. The smallest absolute Gasteiger partial charge is 0.246 e. The molecule has 3 aromatic rings. The van der Waals surface area contributed by atoms with E-state index in [-0.39, 0.29) is 17.5 Å². The van der Waals surface area contributed by atoms with Crippen LogP contribution in [0.25, 0.3) is 17.5 Å². The zero-order valence-corrected chi connectivity index (χ0v) is 17.6. The minimum Gasteiger partial charge on any atom is -0.339 e. The Morgan fingerprint density at radius 3 is 2.65 bits per heavy atom. The fourth-order valence-electron chi connectivity index (χ4n) is 3.28. The molecule has 0 unspecified atom stereocenters. The summed E-state index contributed by atoms with van der Waals surface area (Å²) in [6, 6.07) is 10.3. The van der Waals surface area contributed by atoms with E-state index in [0.29, 0.717) is 28.6 Å². The number of halogens is 3. The highest BCUT2D eigenvalue weighted by molar-refractivity contribution is 6.30. The highest BCUT2D eigenvalue weighted by Gasteiger charge is 2.30. The molecule has 6 nitrogen and oxygen atoms in total. The first-order chi connectivity index (χ1) is 14.6. The number of carbonyl (C=O) groups is 1. The summed E-state index contributed by atoms with van der Waals surface area (Å²) in [6.07, 6.45) is 3.27. The Balaban J connectivity index is 1.79. The zero-order valence-electron chi connectivity index (χ0n) is 16.9. The first-order valence-corrected chi connectivity index (χ1v) is 9.88. The summed E-state index contributed by atoms with van der Waals surface area (Å²) in [5, 5.41) is 3.15. The first kappa shape index (κ1) is 21.0. The molecule has 0 fully saturated rings. The largest absolute Gasteiger partial charge is 0.339 e. The number of rotatable bonds is 4. The maximum atomic E-state index is 14.0. The molecule has 9 heteroatoms. The Hall–Kier alpha value is -3.23. The number of carbonyl (C=O) groups excluding carboxylic acids is 1. The number of imidazole rings is 1. The van der Waals surface area contributed by atoms with Crippen LogP contribution in [0.2, 0.25) is 5.02 Å². The molecular formula is C22H20ClF2N5O. The number of anilines is 2.